The third-order valence-electron chi connectivity index (χ3n) is 4.30. The fraction of sp³-hybridized carbons (Fsp3) is 0.455. The second-order valence-corrected chi connectivity index (χ2v) is 12.1. The molecule has 2 aromatic carbocycles. The molecule has 0 saturated heterocycles. The van der Waals surface area contributed by atoms with Crippen LogP contribution in [0.4, 0.5) is 0 Å². The van der Waals surface area contributed by atoms with E-state index in [-0.39, 0.29) is 0 Å². The van der Waals surface area contributed by atoms with Crippen molar-refractivity contribution in [1.29, 1.82) is 0 Å². The first-order chi connectivity index (χ1) is 13.5. The standard InChI is InChI=1S/C10H21.C6H2Br2.C6H5.2Co.2O/c1-3-5-7-9-10-8-6-4-2;7-5-2-1-3-6(8)4-5;1-2-4-6-5-3-1;;;;/h1,3-10H2,2H3;2-3H;1-5H;;;;. The van der Waals surface area contributed by atoms with Crippen LogP contribution in [0.25, 0.3) is 0 Å². The van der Waals surface area contributed by atoms with Crippen LogP contribution in [-0.4, -0.2) is 0 Å². The maximum absolute atomic E-state index is 12.9. The van der Waals surface area contributed by atoms with Crippen molar-refractivity contribution in [1.82, 2.24) is 0 Å². The summed E-state index contributed by atoms with van der Waals surface area (Å²) in [6, 6.07) is 13.2. The minimum absolute atomic E-state index is 0.713. The first-order valence-electron chi connectivity index (χ1n) is 9.66. The molecule has 0 N–H and O–H groups in total. The zero-order valence-corrected chi connectivity index (χ0v) is 21.4. The van der Waals surface area contributed by atoms with Gasteiger partial charge in [0.1, 0.15) is 0 Å². The van der Waals surface area contributed by atoms with Gasteiger partial charge in [0.05, 0.1) is 0 Å². The molecule has 0 fully saturated rings. The SMILES string of the molecule is CCCCCCCCC[CH2][Co](=[O])[c]1cc(Br)[c]([Co](=[O])[c]2ccccc2)c(Br)c1. The van der Waals surface area contributed by atoms with Crippen LogP contribution in [0, 0.1) is 0 Å². The van der Waals surface area contributed by atoms with Crippen LogP contribution in [-0.2, 0) is 34.9 Å². The first-order valence-corrected chi connectivity index (χ1v) is 14.4. The molecule has 160 valence electrons. The van der Waals surface area contributed by atoms with Crippen LogP contribution in [0.3, 0.4) is 0 Å². The number of halogens is 2. The molecule has 0 saturated carbocycles. The Labute approximate surface area is 194 Å². The van der Waals surface area contributed by atoms with Crippen LogP contribution in [0.5, 0.6) is 0 Å². The molecular formula is C22H28Br2Co2O2. The molecule has 0 aromatic heterocycles. The number of hydrogen-bond acceptors (Lipinski definition) is 2. The molecule has 0 radical (unpaired) electrons. The number of unbranched alkanes of at least 4 members (excludes halogenated alkanes) is 7. The minimum atomic E-state index is -1.68. The summed E-state index contributed by atoms with van der Waals surface area (Å²) in [6.45, 7) is 2.24. The summed E-state index contributed by atoms with van der Waals surface area (Å²) < 4.78 is 29.4. The van der Waals surface area contributed by atoms with E-state index in [1.54, 1.807) is 0 Å². The van der Waals surface area contributed by atoms with Crippen molar-refractivity contribution in [2.75, 3.05) is 0 Å². The van der Waals surface area contributed by atoms with Gasteiger partial charge in [0, 0.05) is 0 Å². The fourth-order valence-electron chi connectivity index (χ4n) is 2.78. The molecule has 0 heterocycles. The zero-order valence-electron chi connectivity index (χ0n) is 16.1. The third-order valence-corrected chi connectivity index (χ3v) is 9.92. The molecule has 0 unspecified atom stereocenters. The Hall–Kier alpha value is 0.0130. The van der Waals surface area contributed by atoms with Crippen molar-refractivity contribution >= 4 is 45.4 Å². The zero-order chi connectivity index (χ0) is 20.4. The second-order valence-electron chi connectivity index (χ2n) is 6.55. The first kappa shape index (κ1) is 24.3. The van der Waals surface area contributed by atoms with Gasteiger partial charge in [-0.3, -0.25) is 0 Å². The summed E-state index contributed by atoms with van der Waals surface area (Å²) in [5.41, 5.74) is 0. The van der Waals surface area contributed by atoms with Gasteiger partial charge in [-0.25, -0.2) is 0 Å². The van der Waals surface area contributed by atoms with Crippen molar-refractivity contribution in [3.05, 3.63) is 51.4 Å². The van der Waals surface area contributed by atoms with Gasteiger partial charge in [-0.15, -0.1) is 0 Å². The van der Waals surface area contributed by atoms with E-state index in [4.69, 9.17) is 0 Å². The Morgan fingerprint density at radius 1 is 0.750 bits per heavy atom. The summed E-state index contributed by atoms with van der Waals surface area (Å²) in [4.78, 5) is 0. The van der Waals surface area contributed by atoms with E-state index < -0.39 is 27.2 Å². The Balaban J connectivity index is 1.91. The monoisotopic (exact) mass is 600 g/mol. The number of hydrogen-bond donors (Lipinski definition) is 0. The second kappa shape index (κ2) is 13.3. The van der Waals surface area contributed by atoms with Crippen molar-refractivity contribution in [2.45, 2.75) is 63.6 Å². The van der Waals surface area contributed by atoms with E-state index in [9.17, 15) is 7.73 Å². The predicted molar refractivity (Wildman–Crippen MR) is 116 cm³/mol. The molecule has 6 heteroatoms. The topological polar surface area (TPSA) is 34.1 Å². The average Bonchev–Trinajstić information content (AvgIpc) is 2.69. The van der Waals surface area contributed by atoms with Crippen molar-refractivity contribution in [3.63, 3.8) is 0 Å². The van der Waals surface area contributed by atoms with Crippen LogP contribution in [0.15, 0.2) is 51.4 Å². The van der Waals surface area contributed by atoms with E-state index in [0.29, 0.717) is 5.36 Å². The number of rotatable bonds is 12. The summed E-state index contributed by atoms with van der Waals surface area (Å²) in [7, 11) is 0. The Kier molecular flexibility index (Phi) is 11.6. The average molecular weight is 602 g/mol. The van der Waals surface area contributed by atoms with Crippen LogP contribution in [0.2, 0.25) is 5.36 Å². The molecule has 0 bridgehead atoms. The van der Waals surface area contributed by atoms with Gasteiger partial charge in [0.25, 0.3) is 0 Å². The summed E-state index contributed by atoms with van der Waals surface area (Å²) in [5.74, 6) is 0. The molecule has 0 aliphatic carbocycles. The molecule has 2 nitrogen and oxygen atoms in total. The summed E-state index contributed by atoms with van der Waals surface area (Å²) >= 11 is 4.00. The molecule has 2 rings (SSSR count). The molecular weight excluding hydrogens is 574 g/mol. The van der Waals surface area contributed by atoms with E-state index >= 15 is 0 Å². The van der Waals surface area contributed by atoms with E-state index in [1.807, 2.05) is 42.5 Å². The van der Waals surface area contributed by atoms with E-state index in [2.05, 4.69) is 38.8 Å². The van der Waals surface area contributed by atoms with E-state index in [0.717, 1.165) is 35.3 Å². The van der Waals surface area contributed by atoms with Gasteiger partial charge >= 0.3 is 195 Å². The quantitative estimate of drug-likeness (QED) is 0.269. The van der Waals surface area contributed by atoms with Crippen LogP contribution in [0.1, 0.15) is 58.3 Å². The molecule has 28 heavy (non-hydrogen) atoms. The van der Waals surface area contributed by atoms with Crippen molar-refractivity contribution in [2.24, 2.45) is 0 Å². The van der Waals surface area contributed by atoms with Crippen LogP contribution < -0.4 is 13.5 Å². The van der Waals surface area contributed by atoms with Crippen molar-refractivity contribution in [3.8, 4) is 0 Å². The predicted octanol–water partition coefficient (Wildman–Crippen LogP) is 6.27. The van der Waals surface area contributed by atoms with Gasteiger partial charge in [-0.1, -0.05) is 0 Å². The molecule has 0 amide bonds. The Bertz CT molecular complexity index is 771. The van der Waals surface area contributed by atoms with Gasteiger partial charge < -0.3 is 0 Å². The Morgan fingerprint density at radius 3 is 1.86 bits per heavy atom. The van der Waals surface area contributed by atoms with Gasteiger partial charge in [-0.2, -0.15) is 0 Å². The molecule has 0 aliphatic heterocycles. The maximum atomic E-state index is 12.9. The Morgan fingerprint density at radius 2 is 1.29 bits per heavy atom. The molecule has 2 aromatic rings. The molecule has 0 atom stereocenters. The third kappa shape index (κ3) is 7.69. The molecule has 0 spiro atoms. The van der Waals surface area contributed by atoms with Gasteiger partial charge in [-0.05, 0) is 0 Å². The van der Waals surface area contributed by atoms with Gasteiger partial charge in [0.15, 0.2) is 0 Å². The summed E-state index contributed by atoms with van der Waals surface area (Å²) in [6.07, 6.45) is 9.94. The number of benzene rings is 2. The van der Waals surface area contributed by atoms with Crippen LogP contribution >= 0.6 is 31.9 Å². The normalized spacial score (nSPS) is 12.1. The molecule has 0 aliphatic rings. The van der Waals surface area contributed by atoms with Crippen molar-refractivity contribution < 1.29 is 34.9 Å². The van der Waals surface area contributed by atoms with Gasteiger partial charge in [0.2, 0.25) is 0 Å². The summed E-state index contributed by atoms with van der Waals surface area (Å²) in [5, 5.41) is 0.713. The van der Waals surface area contributed by atoms with E-state index in [1.165, 1.54) is 38.5 Å². The fourth-order valence-corrected chi connectivity index (χ4v) is 8.27.